The van der Waals surface area contributed by atoms with Crippen molar-refractivity contribution in [3.05, 3.63) is 5.84 Å². The molecule has 2 saturated carbocycles. The molecule has 1 aliphatic heterocycles. The van der Waals surface area contributed by atoms with Crippen molar-refractivity contribution >= 4 is 5.71 Å². The van der Waals surface area contributed by atoms with Crippen LogP contribution in [0.2, 0.25) is 0 Å². The van der Waals surface area contributed by atoms with E-state index in [1.807, 2.05) is 4.68 Å². The topological polar surface area (TPSA) is 26.8 Å². The summed E-state index contributed by atoms with van der Waals surface area (Å²) in [6, 6.07) is 0.592. The molecule has 3 rings (SSSR count). The highest BCUT2D eigenvalue weighted by Gasteiger charge is 2.54. The molecule has 0 aromatic carbocycles. The SMILES string of the molecule is [NH-][N+]1=C2CCCC23CCCC1C3. The predicted octanol–water partition coefficient (Wildman–Crippen LogP) is 2.53. The summed E-state index contributed by atoms with van der Waals surface area (Å²) in [5.41, 5.74) is 2.02. The first-order valence-electron chi connectivity index (χ1n) is 5.19. The van der Waals surface area contributed by atoms with Crippen molar-refractivity contribution in [2.45, 2.75) is 51.0 Å². The van der Waals surface area contributed by atoms with Gasteiger partial charge >= 0.3 is 0 Å². The summed E-state index contributed by atoms with van der Waals surface area (Å²) in [4.78, 5) is 0. The number of nitrogens with one attached hydrogen (secondary N) is 1. The van der Waals surface area contributed by atoms with E-state index in [0.717, 1.165) is 0 Å². The van der Waals surface area contributed by atoms with Crippen LogP contribution in [-0.2, 0) is 0 Å². The smallest absolute Gasteiger partial charge is 0.154 e. The highest BCUT2D eigenvalue weighted by molar-refractivity contribution is 5.89. The third-order valence-electron chi connectivity index (χ3n) is 4.16. The van der Waals surface area contributed by atoms with Gasteiger partial charge in [-0.3, -0.25) is 4.68 Å². The lowest BCUT2D eigenvalue weighted by Crippen LogP contribution is -2.26. The Morgan fingerprint density at radius 1 is 1.33 bits per heavy atom. The first kappa shape index (κ1) is 6.93. The minimum atomic E-state index is 0.532. The molecule has 2 heteroatoms. The first-order valence-corrected chi connectivity index (χ1v) is 5.19. The molecule has 66 valence electrons. The van der Waals surface area contributed by atoms with Gasteiger partial charge in [-0.05, 0) is 25.7 Å². The third-order valence-corrected chi connectivity index (χ3v) is 4.16. The summed E-state index contributed by atoms with van der Waals surface area (Å²) in [6.45, 7) is 0. The lowest BCUT2D eigenvalue weighted by Gasteiger charge is -2.26. The third kappa shape index (κ3) is 0.644. The van der Waals surface area contributed by atoms with Gasteiger partial charge in [-0.1, -0.05) is 0 Å². The number of hydrogen-bond acceptors (Lipinski definition) is 0. The highest BCUT2D eigenvalue weighted by atomic mass is 15.4. The van der Waals surface area contributed by atoms with Crippen LogP contribution in [0.5, 0.6) is 0 Å². The second-order valence-corrected chi connectivity index (χ2v) is 4.70. The Morgan fingerprint density at radius 2 is 2.17 bits per heavy atom. The molecule has 2 atom stereocenters. The zero-order valence-electron chi connectivity index (χ0n) is 7.47. The average Bonchev–Trinajstić information content (AvgIpc) is 2.53. The van der Waals surface area contributed by atoms with E-state index in [1.54, 1.807) is 0 Å². The summed E-state index contributed by atoms with van der Waals surface area (Å²) in [5, 5.41) is 0. The fraction of sp³-hybridized carbons (Fsp3) is 0.900. The van der Waals surface area contributed by atoms with E-state index in [9.17, 15) is 0 Å². The predicted molar refractivity (Wildman–Crippen MR) is 48.1 cm³/mol. The van der Waals surface area contributed by atoms with E-state index in [1.165, 1.54) is 50.7 Å². The lowest BCUT2D eigenvalue weighted by atomic mass is 9.73. The van der Waals surface area contributed by atoms with Crippen molar-refractivity contribution in [1.82, 2.24) is 0 Å². The van der Waals surface area contributed by atoms with Crippen LogP contribution in [0.3, 0.4) is 0 Å². The van der Waals surface area contributed by atoms with E-state index < -0.39 is 0 Å². The molecule has 3 aliphatic rings. The Morgan fingerprint density at radius 3 is 3.08 bits per heavy atom. The van der Waals surface area contributed by atoms with Crippen molar-refractivity contribution in [2.75, 3.05) is 0 Å². The number of hydrogen-bond donors (Lipinski definition) is 0. The summed E-state index contributed by atoms with van der Waals surface area (Å²) in [6.07, 6.45) is 9.28. The Labute approximate surface area is 73.4 Å². The molecular weight excluding hydrogens is 148 g/mol. The second-order valence-electron chi connectivity index (χ2n) is 4.70. The molecule has 2 unspecified atom stereocenters. The fourth-order valence-corrected chi connectivity index (χ4v) is 3.64. The highest BCUT2D eigenvalue weighted by Crippen LogP contribution is 2.51. The van der Waals surface area contributed by atoms with Crippen LogP contribution in [0, 0.1) is 5.41 Å². The molecule has 0 radical (unpaired) electrons. The molecular formula is C10H16N2. The van der Waals surface area contributed by atoms with Crippen molar-refractivity contribution in [1.29, 1.82) is 0 Å². The zero-order chi connectivity index (χ0) is 8.18. The Kier molecular flexibility index (Phi) is 1.18. The van der Waals surface area contributed by atoms with Crippen LogP contribution in [0.25, 0.3) is 5.84 Å². The lowest BCUT2D eigenvalue weighted by molar-refractivity contribution is -0.495. The molecule has 1 spiro atoms. The van der Waals surface area contributed by atoms with Crippen LogP contribution in [0.1, 0.15) is 44.9 Å². The van der Waals surface area contributed by atoms with Gasteiger partial charge in [0.05, 0.1) is 5.41 Å². The van der Waals surface area contributed by atoms with Crippen molar-refractivity contribution in [2.24, 2.45) is 5.41 Å². The minimum absolute atomic E-state index is 0.532. The van der Waals surface area contributed by atoms with Crippen molar-refractivity contribution in [3.8, 4) is 0 Å². The van der Waals surface area contributed by atoms with Crippen LogP contribution in [0.15, 0.2) is 0 Å². The van der Waals surface area contributed by atoms with Crippen molar-refractivity contribution in [3.63, 3.8) is 0 Å². The molecule has 2 aliphatic carbocycles. The van der Waals surface area contributed by atoms with Gasteiger partial charge in [0.2, 0.25) is 0 Å². The number of rotatable bonds is 0. The van der Waals surface area contributed by atoms with Gasteiger partial charge in [-0.15, -0.1) is 0 Å². The molecule has 2 fully saturated rings. The summed E-state index contributed by atoms with van der Waals surface area (Å²) < 4.78 is 1.88. The summed E-state index contributed by atoms with van der Waals surface area (Å²) in [5.74, 6) is 7.98. The van der Waals surface area contributed by atoms with Crippen LogP contribution in [-0.4, -0.2) is 16.4 Å². The van der Waals surface area contributed by atoms with E-state index in [0.29, 0.717) is 11.5 Å². The minimum Gasteiger partial charge on any atom is -0.454 e. The van der Waals surface area contributed by atoms with Crippen LogP contribution >= 0.6 is 0 Å². The standard InChI is InChI=1S/C10H16N2/c11-12-8-3-1-5-10(7-8)6-2-4-9(10)12/h8,11H,1-7H2. The second kappa shape index (κ2) is 2.04. The van der Waals surface area contributed by atoms with E-state index >= 15 is 0 Å². The van der Waals surface area contributed by atoms with E-state index in [4.69, 9.17) is 5.84 Å². The molecule has 1 N–H and O–H groups in total. The molecule has 1 heterocycles. The van der Waals surface area contributed by atoms with Gasteiger partial charge in [0.1, 0.15) is 6.04 Å². The molecule has 0 aromatic heterocycles. The molecule has 12 heavy (non-hydrogen) atoms. The number of fused-ring (bicyclic) bond motifs is 1. The molecule has 2 bridgehead atoms. The average molecular weight is 164 g/mol. The van der Waals surface area contributed by atoms with Crippen LogP contribution in [0.4, 0.5) is 0 Å². The summed E-state index contributed by atoms with van der Waals surface area (Å²) in [7, 11) is 0. The van der Waals surface area contributed by atoms with Gasteiger partial charge in [-0.25, -0.2) is 0 Å². The van der Waals surface area contributed by atoms with E-state index in [-0.39, 0.29) is 0 Å². The molecule has 2 nitrogen and oxygen atoms in total. The van der Waals surface area contributed by atoms with Crippen LogP contribution < -0.4 is 0 Å². The van der Waals surface area contributed by atoms with E-state index in [2.05, 4.69) is 0 Å². The zero-order valence-corrected chi connectivity index (χ0v) is 7.47. The normalized spacial score (nSPS) is 45.2. The molecule has 0 aromatic rings. The van der Waals surface area contributed by atoms with Crippen molar-refractivity contribution < 1.29 is 4.68 Å². The first-order chi connectivity index (χ1) is 5.82. The Hall–Kier alpha value is -0.530. The largest absolute Gasteiger partial charge is 0.454 e. The quantitative estimate of drug-likeness (QED) is 0.492. The monoisotopic (exact) mass is 164 g/mol. The van der Waals surface area contributed by atoms with Gasteiger partial charge in [0.25, 0.3) is 0 Å². The maximum Gasteiger partial charge on any atom is 0.154 e. The summed E-state index contributed by atoms with van der Waals surface area (Å²) >= 11 is 0. The maximum absolute atomic E-state index is 7.98. The van der Waals surface area contributed by atoms with Gasteiger partial charge in [0, 0.05) is 19.3 Å². The van der Waals surface area contributed by atoms with Gasteiger partial charge < -0.3 is 5.84 Å². The Balaban J connectivity index is 2.10. The van der Waals surface area contributed by atoms with Gasteiger partial charge in [0.15, 0.2) is 5.71 Å². The molecule has 0 saturated heterocycles. The molecule has 0 amide bonds. The Bertz CT molecular complexity index is 257. The fourth-order valence-electron chi connectivity index (χ4n) is 3.64. The maximum atomic E-state index is 7.98. The van der Waals surface area contributed by atoms with Gasteiger partial charge in [-0.2, -0.15) is 0 Å². The number of nitrogens with zero attached hydrogens (tertiary/aromatic N) is 1.